The minimum absolute atomic E-state index is 0.131. The minimum atomic E-state index is -4.37. The molecule has 166 valence electrons. The highest BCUT2D eigenvalue weighted by atomic mass is 32.1. The average Bonchev–Trinajstić information content (AvgIpc) is 3.47. The summed E-state index contributed by atoms with van der Waals surface area (Å²) < 4.78 is 44.8. The van der Waals surface area contributed by atoms with E-state index < -0.39 is 11.7 Å². The maximum absolute atomic E-state index is 13.2. The van der Waals surface area contributed by atoms with Gasteiger partial charge in [0.25, 0.3) is 5.91 Å². The molecule has 1 spiro atoms. The summed E-state index contributed by atoms with van der Waals surface area (Å²) in [5, 5.41) is 2.23. The van der Waals surface area contributed by atoms with Crippen molar-refractivity contribution in [3.8, 4) is 10.6 Å². The lowest BCUT2D eigenvalue weighted by molar-refractivity contribution is -0.137. The van der Waals surface area contributed by atoms with E-state index in [2.05, 4.69) is 24.0 Å². The van der Waals surface area contributed by atoms with Crippen molar-refractivity contribution in [2.75, 3.05) is 33.7 Å². The zero-order valence-electron chi connectivity index (χ0n) is 17.4. The highest BCUT2D eigenvalue weighted by Gasteiger charge is 2.63. The van der Waals surface area contributed by atoms with Gasteiger partial charge in [0.15, 0.2) is 0 Å². The number of amides is 1. The van der Waals surface area contributed by atoms with E-state index in [9.17, 15) is 18.0 Å². The molecule has 3 aliphatic heterocycles. The molecule has 9 heteroatoms. The van der Waals surface area contributed by atoms with Crippen LogP contribution >= 0.6 is 11.3 Å². The summed E-state index contributed by atoms with van der Waals surface area (Å²) in [6, 6.07) is 4.87. The molecular formula is C22H24F3N3O2S. The van der Waals surface area contributed by atoms with E-state index in [-0.39, 0.29) is 17.6 Å². The third-order valence-electron chi connectivity index (χ3n) is 6.83. The summed E-state index contributed by atoms with van der Waals surface area (Å²) in [5.41, 5.74) is -0.0150. The molecular weight excluding hydrogens is 427 g/mol. The molecule has 4 atom stereocenters. The summed E-state index contributed by atoms with van der Waals surface area (Å²) in [4.78, 5) is 21.6. The molecule has 2 aromatic rings. The van der Waals surface area contributed by atoms with Crippen molar-refractivity contribution in [2.45, 2.75) is 30.7 Å². The first-order valence-corrected chi connectivity index (χ1v) is 11.3. The monoisotopic (exact) mass is 451 g/mol. The van der Waals surface area contributed by atoms with Crippen LogP contribution in [0.4, 0.5) is 13.2 Å². The molecule has 5 rings (SSSR count). The number of ether oxygens (including phenoxy) is 1. The second kappa shape index (κ2) is 7.28. The molecule has 3 aliphatic rings. The Kier molecular flexibility index (Phi) is 4.91. The number of carbonyl (C=O) groups excluding carboxylic acids is 1. The van der Waals surface area contributed by atoms with Crippen molar-refractivity contribution in [2.24, 2.45) is 11.8 Å². The Bertz CT molecular complexity index is 991. The summed E-state index contributed by atoms with van der Waals surface area (Å²) in [6.45, 7) is 2.21. The number of halogens is 3. The SMILES string of the molecule is CN(C)C[C@H]1[C@H]2CN(C(=O)c3csc(-c4ccc(C(F)(F)F)cc4)n3)C[C@]23CC[C@H]1O3. The third kappa shape index (κ3) is 3.56. The van der Waals surface area contributed by atoms with Crippen molar-refractivity contribution in [1.29, 1.82) is 0 Å². The molecule has 0 radical (unpaired) electrons. The Morgan fingerprint density at radius 1 is 1.32 bits per heavy atom. The van der Waals surface area contributed by atoms with E-state index in [1.807, 2.05) is 4.90 Å². The number of alkyl halides is 3. The largest absolute Gasteiger partial charge is 0.416 e. The maximum Gasteiger partial charge on any atom is 0.416 e. The number of hydrogen-bond acceptors (Lipinski definition) is 5. The first-order valence-electron chi connectivity index (χ1n) is 10.4. The molecule has 1 aromatic carbocycles. The van der Waals surface area contributed by atoms with Gasteiger partial charge in [-0.2, -0.15) is 13.2 Å². The van der Waals surface area contributed by atoms with Crippen LogP contribution in [0.3, 0.4) is 0 Å². The summed E-state index contributed by atoms with van der Waals surface area (Å²) in [5.74, 6) is 0.638. The van der Waals surface area contributed by atoms with Gasteiger partial charge >= 0.3 is 6.18 Å². The predicted molar refractivity (Wildman–Crippen MR) is 111 cm³/mol. The quantitative estimate of drug-likeness (QED) is 0.705. The fourth-order valence-electron chi connectivity index (χ4n) is 5.48. The van der Waals surface area contributed by atoms with E-state index in [0.29, 0.717) is 41.2 Å². The molecule has 0 N–H and O–H groups in total. The lowest BCUT2D eigenvalue weighted by Gasteiger charge is -2.30. The molecule has 1 amide bonds. The van der Waals surface area contributed by atoms with E-state index in [1.165, 1.54) is 23.5 Å². The number of hydrogen-bond donors (Lipinski definition) is 0. The molecule has 0 saturated carbocycles. The Labute approximate surface area is 182 Å². The lowest BCUT2D eigenvalue weighted by Crippen LogP contribution is -2.40. The van der Waals surface area contributed by atoms with Crippen LogP contribution in [-0.4, -0.2) is 66.1 Å². The van der Waals surface area contributed by atoms with Crippen molar-refractivity contribution in [3.05, 3.63) is 40.9 Å². The number of thiazole rings is 1. The Hall–Kier alpha value is -1.97. The van der Waals surface area contributed by atoms with Gasteiger partial charge in [-0.15, -0.1) is 11.3 Å². The van der Waals surface area contributed by atoms with Gasteiger partial charge in [0.05, 0.1) is 23.8 Å². The minimum Gasteiger partial charge on any atom is -0.369 e. The van der Waals surface area contributed by atoms with E-state index in [4.69, 9.17) is 4.74 Å². The van der Waals surface area contributed by atoms with Gasteiger partial charge in [-0.1, -0.05) is 12.1 Å². The van der Waals surface area contributed by atoms with Gasteiger partial charge in [-0.25, -0.2) is 4.98 Å². The van der Waals surface area contributed by atoms with Crippen molar-refractivity contribution in [3.63, 3.8) is 0 Å². The molecule has 0 aliphatic carbocycles. The Morgan fingerprint density at radius 2 is 2.06 bits per heavy atom. The second-order valence-corrected chi connectivity index (χ2v) is 9.95. The number of benzene rings is 1. The highest BCUT2D eigenvalue weighted by molar-refractivity contribution is 7.13. The zero-order chi connectivity index (χ0) is 22.0. The molecule has 5 nitrogen and oxygen atoms in total. The molecule has 4 heterocycles. The number of carbonyl (C=O) groups is 1. The number of aromatic nitrogens is 1. The molecule has 3 saturated heterocycles. The fraction of sp³-hybridized carbons (Fsp3) is 0.545. The second-order valence-electron chi connectivity index (χ2n) is 9.09. The smallest absolute Gasteiger partial charge is 0.369 e. The number of fused-ring (bicyclic) bond motifs is 1. The predicted octanol–water partition coefficient (Wildman–Crippen LogP) is 4.01. The van der Waals surface area contributed by atoms with Gasteiger partial charge < -0.3 is 14.5 Å². The van der Waals surface area contributed by atoms with Gasteiger partial charge in [0, 0.05) is 35.9 Å². The van der Waals surface area contributed by atoms with Crippen LogP contribution in [0.1, 0.15) is 28.9 Å². The molecule has 1 aromatic heterocycles. The van der Waals surface area contributed by atoms with Crippen molar-refractivity contribution in [1.82, 2.24) is 14.8 Å². The van der Waals surface area contributed by atoms with E-state index in [0.717, 1.165) is 31.5 Å². The fourth-order valence-corrected chi connectivity index (χ4v) is 6.28. The van der Waals surface area contributed by atoms with Crippen LogP contribution in [0.15, 0.2) is 29.6 Å². The summed E-state index contributed by atoms with van der Waals surface area (Å²) in [7, 11) is 4.13. The van der Waals surface area contributed by atoms with Gasteiger partial charge in [0.2, 0.25) is 0 Å². The van der Waals surface area contributed by atoms with E-state index >= 15 is 0 Å². The first kappa shape index (κ1) is 20.9. The standard InChI is InChI=1S/C22H24F3N3O2S/c1-27(2)9-15-16-10-28(12-21(16)8-7-18(15)30-21)20(29)17-11-31-19(26-17)13-3-5-14(6-4-13)22(23,24)25/h3-6,11,15-16,18H,7-10,12H2,1-2H3/t15-,16+,18+,21+/m0/s1. The van der Waals surface area contributed by atoms with Crippen molar-refractivity contribution >= 4 is 17.2 Å². The number of likely N-dealkylation sites (tertiary alicyclic amines) is 1. The van der Waals surface area contributed by atoms with Crippen LogP contribution in [0.25, 0.3) is 10.6 Å². The Morgan fingerprint density at radius 3 is 2.74 bits per heavy atom. The maximum atomic E-state index is 13.2. The van der Waals surface area contributed by atoms with Crippen LogP contribution in [0.2, 0.25) is 0 Å². The van der Waals surface area contributed by atoms with Gasteiger partial charge in [-0.3, -0.25) is 4.79 Å². The van der Waals surface area contributed by atoms with Crippen molar-refractivity contribution < 1.29 is 22.7 Å². The Balaban J connectivity index is 1.32. The van der Waals surface area contributed by atoms with Crippen LogP contribution in [0, 0.1) is 11.8 Å². The number of rotatable bonds is 4. The van der Waals surface area contributed by atoms with E-state index in [1.54, 1.807) is 5.38 Å². The van der Waals surface area contributed by atoms with Crippen LogP contribution in [0.5, 0.6) is 0 Å². The molecule has 2 bridgehead atoms. The topological polar surface area (TPSA) is 45.7 Å². The highest BCUT2D eigenvalue weighted by Crippen LogP contribution is 2.55. The van der Waals surface area contributed by atoms with Crippen LogP contribution < -0.4 is 0 Å². The zero-order valence-corrected chi connectivity index (χ0v) is 18.2. The first-order chi connectivity index (χ1) is 14.7. The van der Waals surface area contributed by atoms with Gasteiger partial charge in [-0.05, 0) is 39.1 Å². The summed E-state index contributed by atoms with van der Waals surface area (Å²) in [6.07, 6.45) is -2.05. The lowest BCUT2D eigenvalue weighted by atomic mass is 9.73. The average molecular weight is 452 g/mol. The number of nitrogens with zero attached hydrogens (tertiary/aromatic N) is 3. The summed E-state index contributed by atoms with van der Waals surface area (Å²) >= 11 is 1.27. The van der Waals surface area contributed by atoms with Crippen LogP contribution in [-0.2, 0) is 10.9 Å². The third-order valence-corrected chi connectivity index (χ3v) is 7.72. The molecule has 0 unspecified atom stereocenters. The molecule has 3 fully saturated rings. The normalized spacial score (nSPS) is 29.7. The molecule has 31 heavy (non-hydrogen) atoms. The van der Waals surface area contributed by atoms with Gasteiger partial charge in [0.1, 0.15) is 10.7 Å².